The number of hydrogen-bond acceptors (Lipinski definition) is 7. The Balaban J connectivity index is 1.50. The van der Waals surface area contributed by atoms with Crippen molar-refractivity contribution in [2.24, 2.45) is 5.92 Å². The van der Waals surface area contributed by atoms with Crippen LogP contribution in [-0.2, 0) is 4.74 Å². The van der Waals surface area contributed by atoms with Gasteiger partial charge in [-0.1, -0.05) is 0 Å². The van der Waals surface area contributed by atoms with Gasteiger partial charge in [0.25, 0.3) is 5.91 Å². The summed E-state index contributed by atoms with van der Waals surface area (Å²) in [5.41, 5.74) is 0. The second-order valence-electron chi connectivity index (χ2n) is 6.06. The topological polar surface area (TPSA) is 77.7 Å². The van der Waals surface area contributed by atoms with E-state index in [-0.39, 0.29) is 23.8 Å². The molecule has 2 aliphatic rings. The highest BCUT2D eigenvalue weighted by atomic mass is 32.1. The molecule has 2 saturated heterocycles. The number of fused-ring (bicyclic) bond motifs is 1. The van der Waals surface area contributed by atoms with Crippen molar-refractivity contribution < 1.29 is 18.7 Å². The molecular formula is C16H19N3O4S. The Labute approximate surface area is 143 Å². The number of carbonyl (C=O) groups is 1. The van der Waals surface area contributed by atoms with Gasteiger partial charge < -0.3 is 18.8 Å². The number of rotatable bonds is 4. The van der Waals surface area contributed by atoms with Crippen molar-refractivity contribution in [3.05, 3.63) is 28.1 Å². The zero-order chi connectivity index (χ0) is 16.7. The first kappa shape index (κ1) is 15.6. The zero-order valence-corrected chi connectivity index (χ0v) is 14.4. The lowest BCUT2D eigenvalue weighted by molar-refractivity contribution is 0.0687. The van der Waals surface area contributed by atoms with Crippen LogP contribution in [0.2, 0.25) is 0 Å². The van der Waals surface area contributed by atoms with Crippen LogP contribution in [0, 0.1) is 12.8 Å². The van der Waals surface area contributed by atoms with Crippen molar-refractivity contribution in [3.8, 4) is 5.75 Å². The number of nitrogens with zero attached hydrogens (tertiary/aromatic N) is 3. The number of likely N-dealkylation sites (tertiary alicyclic amines) is 1. The Morgan fingerprint density at radius 1 is 1.46 bits per heavy atom. The molecule has 0 saturated carbocycles. The number of aromatic nitrogens is 2. The maximum Gasteiger partial charge on any atom is 0.267 e. The standard InChI is InChI=1S/C16H19N3O4S/c1-3-21-12-4-5-24-14(12)16(20)19-6-10-11(8-22-13(10)7-19)15-18-17-9(2)23-15/h4-5,10-11,13H,3,6-8H2,1-2H3/t10-,11+,13-/m0/s1. The molecule has 2 aromatic rings. The van der Waals surface area contributed by atoms with E-state index in [4.69, 9.17) is 13.9 Å². The quantitative estimate of drug-likeness (QED) is 0.841. The molecule has 0 spiro atoms. The van der Waals surface area contributed by atoms with Crippen molar-refractivity contribution in [2.75, 3.05) is 26.3 Å². The number of aryl methyl sites for hydroxylation is 1. The van der Waals surface area contributed by atoms with Crippen LogP contribution in [0.5, 0.6) is 5.75 Å². The van der Waals surface area contributed by atoms with E-state index in [0.29, 0.717) is 48.7 Å². The van der Waals surface area contributed by atoms with Gasteiger partial charge in [-0.2, -0.15) is 0 Å². The van der Waals surface area contributed by atoms with Crippen LogP contribution in [0.4, 0.5) is 0 Å². The lowest BCUT2D eigenvalue weighted by atomic mass is 9.93. The Kier molecular flexibility index (Phi) is 4.01. The van der Waals surface area contributed by atoms with Crippen LogP contribution in [0.15, 0.2) is 15.9 Å². The molecular weight excluding hydrogens is 330 g/mol. The molecule has 0 aromatic carbocycles. The van der Waals surface area contributed by atoms with Crippen molar-refractivity contribution in [1.29, 1.82) is 0 Å². The minimum Gasteiger partial charge on any atom is -0.492 e. The molecule has 0 N–H and O–H groups in total. The van der Waals surface area contributed by atoms with Crippen LogP contribution in [0.1, 0.15) is 34.3 Å². The molecule has 24 heavy (non-hydrogen) atoms. The van der Waals surface area contributed by atoms with Gasteiger partial charge in [-0.25, -0.2) is 0 Å². The second kappa shape index (κ2) is 6.18. The molecule has 2 fully saturated rings. The predicted octanol–water partition coefficient (Wildman–Crippen LogP) is 2.09. The maximum atomic E-state index is 12.8. The summed E-state index contributed by atoms with van der Waals surface area (Å²) in [6.45, 7) is 6.04. The monoisotopic (exact) mass is 349 g/mol. The molecule has 2 aliphatic heterocycles. The SMILES string of the molecule is CCOc1ccsc1C(=O)N1C[C@@H]2[C@H](C1)OC[C@H]2c1nnc(C)o1. The van der Waals surface area contributed by atoms with Crippen molar-refractivity contribution in [2.45, 2.75) is 25.9 Å². The summed E-state index contributed by atoms with van der Waals surface area (Å²) < 4.78 is 17.0. The van der Waals surface area contributed by atoms with Gasteiger partial charge in [-0.15, -0.1) is 21.5 Å². The third kappa shape index (κ3) is 2.59. The summed E-state index contributed by atoms with van der Waals surface area (Å²) in [6.07, 6.45) is 0.0293. The lowest BCUT2D eigenvalue weighted by Gasteiger charge is -2.18. The van der Waals surface area contributed by atoms with E-state index in [1.165, 1.54) is 11.3 Å². The summed E-state index contributed by atoms with van der Waals surface area (Å²) in [5, 5.41) is 9.92. The fourth-order valence-corrected chi connectivity index (χ4v) is 4.26. The molecule has 0 aliphatic carbocycles. The average Bonchev–Trinajstić information content (AvgIpc) is 3.29. The molecule has 7 nitrogen and oxygen atoms in total. The summed E-state index contributed by atoms with van der Waals surface area (Å²) in [7, 11) is 0. The summed E-state index contributed by atoms with van der Waals surface area (Å²) in [5.74, 6) is 2.09. The van der Waals surface area contributed by atoms with E-state index in [1.54, 1.807) is 6.92 Å². The zero-order valence-electron chi connectivity index (χ0n) is 13.6. The Morgan fingerprint density at radius 2 is 2.33 bits per heavy atom. The smallest absolute Gasteiger partial charge is 0.267 e. The van der Waals surface area contributed by atoms with Gasteiger partial charge in [0.05, 0.1) is 25.2 Å². The highest BCUT2D eigenvalue weighted by Crippen LogP contribution is 2.40. The van der Waals surface area contributed by atoms with Gasteiger partial charge in [0.2, 0.25) is 11.8 Å². The van der Waals surface area contributed by atoms with E-state index < -0.39 is 0 Å². The fraction of sp³-hybridized carbons (Fsp3) is 0.562. The van der Waals surface area contributed by atoms with Crippen LogP contribution in [-0.4, -0.2) is 53.4 Å². The lowest BCUT2D eigenvalue weighted by Crippen LogP contribution is -2.30. The molecule has 2 aromatic heterocycles. The van der Waals surface area contributed by atoms with E-state index in [1.807, 2.05) is 23.3 Å². The van der Waals surface area contributed by atoms with Gasteiger partial charge in [-0.3, -0.25) is 4.79 Å². The number of ether oxygens (including phenoxy) is 2. The first-order valence-corrected chi connectivity index (χ1v) is 8.96. The van der Waals surface area contributed by atoms with Gasteiger partial charge in [-0.05, 0) is 18.4 Å². The second-order valence-corrected chi connectivity index (χ2v) is 6.97. The van der Waals surface area contributed by atoms with E-state index >= 15 is 0 Å². The number of amides is 1. The van der Waals surface area contributed by atoms with E-state index in [2.05, 4.69) is 10.2 Å². The Morgan fingerprint density at radius 3 is 3.08 bits per heavy atom. The van der Waals surface area contributed by atoms with Crippen LogP contribution < -0.4 is 4.74 Å². The Bertz CT molecular complexity index is 743. The van der Waals surface area contributed by atoms with Crippen molar-refractivity contribution >= 4 is 17.2 Å². The van der Waals surface area contributed by atoms with Gasteiger partial charge in [0.1, 0.15) is 10.6 Å². The van der Waals surface area contributed by atoms with Gasteiger partial charge in [0, 0.05) is 25.9 Å². The summed E-state index contributed by atoms with van der Waals surface area (Å²) in [4.78, 5) is 15.3. The number of hydrogen-bond donors (Lipinski definition) is 0. The normalized spacial score (nSPS) is 25.9. The summed E-state index contributed by atoms with van der Waals surface area (Å²) >= 11 is 1.42. The highest BCUT2D eigenvalue weighted by Gasteiger charge is 2.48. The molecule has 8 heteroatoms. The number of carbonyl (C=O) groups excluding carboxylic acids is 1. The molecule has 0 bridgehead atoms. The summed E-state index contributed by atoms with van der Waals surface area (Å²) in [6, 6.07) is 1.85. The first-order chi connectivity index (χ1) is 11.7. The molecule has 128 valence electrons. The van der Waals surface area contributed by atoms with Crippen LogP contribution >= 0.6 is 11.3 Å². The highest BCUT2D eigenvalue weighted by molar-refractivity contribution is 7.12. The Hall–Kier alpha value is -1.93. The van der Waals surface area contributed by atoms with E-state index in [9.17, 15) is 4.79 Å². The molecule has 4 rings (SSSR count). The van der Waals surface area contributed by atoms with Gasteiger partial charge in [0.15, 0.2) is 0 Å². The van der Waals surface area contributed by atoms with Crippen LogP contribution in [0.25, 0.3) is 0 Å². The maximum absolute atomic E-state index is 12.8. The van der Waals surface area contributed by atoms with Crippen LogP contribution in [0.3, 0.4) is 0 Å². The third-order valence-electron chi connectivity index (χ3n) is 4.59. The van der Waals surface area contributed by atoms with Gasteiger partial charge >= 0.3 is 0 Å². The minimum atomic E-state index is 0.00640. The number of thiophene rings is 1. The molecule has 0 radical (unpaired) electrons. The molecule has 0 unspecified atom stereocenters. The van der Waals surface area contributed by atoms with E-state index in [0.717, 1.165) is 0 Å². The first-order valence-electron chi connectivity index (χ1n) is 8.08. The molecule has 1 amide bonds. The third-order valence-corrected chi connectivity index (χ3v) is 5.47. The molecule has 4 heterocycles. The largest absolute Gasteiger partial charge is 0.492 e. The minimum absolute atomic E-state index is 0.00640. The molecule has 3 atom stereocenters. The average molecular weight is 349 g/mol. The fourth-order valence-electron chi connectivity index (χ4n) is 3.46. The van der Waals surface area contributed by atoms with Crippen molar-refractivity contribution in [1.82, 2.24) is 15.1 Å². The predicted molar refractivity (Wildman–Crippen MR) is 86.4 cm³/mol. The van der Waals surface area contributed by atoms with Crippen molar-refractivity contribution in [3.63, 3.8) is 0 Å².